The van der Waals surface area contributed by atoms with Crippen molar-refractivity contribution < 1.29 is 18.3 Å². The van der Waals surface area contributed by atoms with Gasteiger partial charge in [0, 0.05) is 31.9 Å². The van der Waals surface area contributed by atoms with Crippen LogP contribution in [0.1, 0.15) is 18.4 Å². The molecule has 0 aromatic heterocycles. The lowest BCUT2D eigenvalue weighted by atomic mass is 10.1. The molecule has 21 heavy (non-hydrogen) atoms. The molecule has 1 aromatic rings. The number of aliphatic hydroxyl groups is 1. The third-order valence-corrected chi connectivity index (χ3v) is 5.43. The number of ether oxygens (including phenoxy) is 1. The zero-order valence-electron chi connectivity index (χ0n) is 11.9. The highest BCUT2D eigenvalue weighted by Crippen LogP contribution is 2.22. The van der Waals surface area contributed by atoms with Crippen molar-refractivity contribution >= 4 is 10.0 Å². The number of rotatable bonds is 3. The summed E-state index contributed by atoms with van der Waals surface area (Å²) in [5.74, 6) is 5.24. The Bertz CT molecular complexity index is 639. The molecule has 5 nitrogen and oxygen atoms in total. The monoisotopic (exact) mass is 309 g/mol. The molecule has 0 aliphatic carbocycles. The van der Waals surface area contributed by atoms with Crippen LogP contribution in [0.3, 0.4) is 0 Å². The molecule has 1 heterocycles. The molecule has 0 saturated carbocycles. The van der Waals surface area contributed by atoms with E-state index in [4.69, 9.17) is 9.84 Å². The number of aliphatic hydroxyl groups excluding tert-OH is 1. The van der Waals surface area contributed by atoms with Crippen molar-refractivity contribution in [3.8, 4) is 11.8 Å². The Morgan fingerprint density at radius 1 is 1.38 bits per heavy atom. The van der Waals surface area contributed by atoms with E-state index < -0.39 is 10.0 Å². The molecule has 114 valence electrons. The Hall–Kier alpha value is -1.39. The minimum absolute atomic E-state index is 0.0315. The number of nitrogens with zero attached hydrogens (tertiary/aromatic N) is 1. The smallest absolute Gasteiger partial charge is 0.243 e. The molecule has 1 aliphatic heterocycles. The van der Waals surface area contributed by atoms with Gasteiger partial charge in [0.05, 0.1) is 4.90 Å². The highest BCUT2D eigenvalue weighted by atomic mass is 32.2. The lowest BCUT2D eigenvalue weighted by Crippen LogP contribution is -2.40. The van der Waals surface area contributed by atoms with E-state index >= 15 is 0 Å². The summed E-state index contributed by atoms with van der Waals surface area (Å²) in [6, 6.07) is 6.45. The zero-order chi connectivity index (χ0) is 15.3. The number of hydrogen-bond acceptors (Lipinski definition) is 4. The molecule has 2 rings (SSSR count). The van der Waals surface area contributed by atoms with Crippen molar-refractivity contribution in [2.45, 2.75) is 23.8 Å². The van der Waals surface area contributed by atoms with E-state index in [2.05, 4.69) is 11.8 Å². The predicted molar refractivity (Wildman–Crippen MR) is 79.2 cm³/mol. The van der Waals surface area contributed by atoms with Gasteiger partial charge in [0.1, 0.15) is 6.61 Å². The van der Waals surface area contributed by atoms with E-state index in [1.807, 2.05) is 0 Å². The van der Waals surface area contributed by atoms with Crippen LogP contribution in [0.15, 0.2) is 29.2 Å². The average molecular weight is 309 g/mol. The van der Waals surface area contributed by atoms with Crippen molar-refractivity contribution in [1.82, 2.24) is 4.31 Å². The maximum absolute atomic E-state index is 12.6. The van der Waals surface area contributed by atoms with Crippen LogP contribution >= 0.6 is 0 Å². The van der Waals surface area contributed by atoms with E-state index in [0.29, 0.717) is 31.6 Å². The molecule has 1 saturated heterocycles. The zero-order valence-corrected chi connectivity index (χ0v) is 12.8. The molecule has 6 heteroatoms. The van der Waals surface area contributed by atoms with Crippen LogP contribution < -0.4 is 0 Å². The van der Waals surface area contributed by atoms with E-state index in [9.17, 15) is 8.42 Å². The molecule has 1 N–H and O–H groups in total. The first-order valence-electron chi connectivity index (χ1n) is 6.81. The van der Waals surface area contributed by atoms with Gasteiger partial charge in [-0.05, 0) is 31.0 Å². The molecule has 0 radical (unpaired) electrons. The summed E-state index contributed by atoms with van der Waals surface area (Å²) < 4.78 is 32.0. The quantitative estimate of drug-likeness (QED) is 0.840. The second kappa shape index (κ2) is 7.05. The second-order valence-electron chi connectivity index (χ2n) is 4.85. The Balaban J connectivity index is 2.26. The van der Waals surface area contributed by atoms with Crippen LogP contribution in [0.25, 0.3) is 0 Å². The molecule has 1 aliphatic rings. The van der Waals surface area contributed by atoms with Gasteiger partial charge < -0.3 is 9.84 Å². The van der Waals surface area contributed by atoms with Crippen molar-refractivity contribution in [3.05, 3.63) is 29.8 Å². The molecule has 1 fully saturated rings. The van der Waals surface area contributed by atoms with Gasteiger partial charge in [-0.2, -0.15) is 4.31 Å². The van der Waals surface area contributed by atoms with Crippen molar-refractivity contribution in [1.29, 1.82) is 0 Å². The van der Waals surface area contributed by atoms with Gasteiger partial charge in [0.15, 0.2) is 0 Å². The summed E-state index contributed by atoms with van der Waals surface area (Å²) in [6.07, 6.45) is 1.42. The SMILES string of the molecule is CN(C1CCOCC1)S(=O)(=O)c1cccc(C#CCO)c1. The van der Waals surface area contributed by atoms with Gasteiger partial charge in [-0.1, -0.05) is 17.9 Å². The molecule has 0 bridgehead atoms. The van der Waals surface area contributed by atoms with Crippen molar-refractivity contribution in [3.63, 3.8) is 0 Å². The number of sulfonamides is 1. The topological polar surface area (TPSA) is 66.8 Å². The first-order chi connectivity index (χ1) is 10.1. The van der Waals surface area contributed by atoms with Gasteiger partial charge in [-0.25, -0.2) is 8.42 Å². The van der Waals surface area contributed by atoms with Crippen LogP contribution in [-0.2, 0) is 14.8 Å². The number of hydrogen-bond donors (Lipinski definition) is 1. The normalized spacial score (nSPS) is 16.5. The summed E-state index contributed by atoms with van der Waals surface area (Å²) in [7, 11) is -1.93. The van der Waals surface area contributed by atoms with E-state index in [1.165, 1.54) is 10.4 Å². The molecular weight excluding hydrogens is 290 g/mol. The first kappa shape index (κ1) is 16.0. The van der Waals surface area contributed by atoms with Gasteiger partial charge in [0.25, 0.3) is 0 Å². The molecule has 0 spiro atoms. The van der Waals surface area contributed by atoms with Crippen LogP contribution in [-0.4, -0.2) is 50.7 Å². The fourth-order valence-electron chi connectivity index (χ4n) is 2.29. The lowest BCUT2D eigenvalue weighted by molar-refractivity contribution is 0.0632. The third-order valence-electron chi connectivity index (χ3n) is 3.53. The van der Waals surface area contributed by atoms with Gasteiger partial charge in [0.2, 0.25) is 10.0 Å². The molecule has 0 amide bonds. The van der Waals surface area contributed by atoms with Gasteiger partial charge in [-0.3, -0.25) is 0 Å². The maximum atomic E-state index is 12.6. The minimum atomic E-state index is -3.54. The summed E-state index contributed by atoms with van der Waals surface area (Å²) in [6.45, 7) is 0.929. The number of benzene rings is 1. The second-order valence-corrected chi connectivity index (χ2v) is 6.85. The van der Waals surface area contributed by atoms with Crippen LogP contribution in [0.4, 0.5) is 0 Å². The van der Waals surface area contributed by atoms with Crippen molar-refractivity contribution in [2.75, 3.05) is 26.9 Å². The lowest BCUT2D eigenvalue weighted by Gasteiger charge is -2.30. The molecule has 1 aromatic carbocycles. The largest absolute Gasteiger partial charge is 0.384 e. The summed E-state index contributed by atoms with van der Waals surface area (Å²) in [5.41, 5.74) is 0.575. The molecule has 0 atom stereocenters. The summed E-state index contributed by atoms with van der Waals surface area (Å²) in [4.78, 5) is 0.223. The Morgan fingerprint density at radius 3 is 2.76 bits per heavy atom. The Morgan fingerprint density at radius 2 is 2.10 bits per heavy atom. The standard InChI is InChI=1S/C15H19NO4S/c1-16(14-7-10-20-11-8-14)21(18,19)15-6-2-4-13(12-15)5-3-9-17/h2,4,6,12,14,17H,7-11H2,1H3. The Labute approximate surface area is 125 Å². The molecular formula is C15H19NO4S. The van der Waals surface area contributed by atoms with Gasteiger partial charge >= 0.3 is 0 Å². The highest BCUT2D eigenvalue weighted by Gasteiger charge is 2.29. The first-order valence-corrected chi connectivity index (χ1v) is 8.25. The molecule has 0 unspecified atom stereocenters. The fourth-order valence-corrected chi connectivity index (χ4v) is 3.75. The fraction of sp³-hybridized carbons (Fsp3) is 0.467. The van der Waals surface area contributed by atoms with Crippen LogP contribution in [0.2, 0.25) is 0 Å². The summed E-state index contributed by atoms with van der Waals surface area (Å²) >= 11 is 0. The Kier molecular flexibility index (Phi) is 5.37. The van der Waals surface area contributed by atoms with E-state index in [0.717, 1.165) is 0 Å². The highest BCUT2D eigenvalue weighted by molar-refractivity contribution is 7.89. The van der Waals surface area contributed by atoms with Crippen molar-refractivity contribution in [2.24, 2.45) is 0 Å². The predicted octanol–water partition coefficient (Wildman–Crippen LogP) is 0.830. The van der Waals surface area contributed by atoms with Gasteiger partial charge in [-0.15, -0.1) is 0 Å². The van der Waals surface area contributed by atoms with E-state index in [1.54, 1.807) is 25.2 Å². The summed E-state index contributed by atoms with van der Waals surface area (Å²) in [5, 5.41) is 8.70. The van der Waals surface area contributed by atoms with E-state index in [-0.39, 0.29) is 17.5 Å². The van der Waals surface area contributed by atoms with Crippen LogP contribution in [0, 0.1) is 11.8 Å². The maximum Gasteiger partial charge on any atom is 0.243 e. The minimum Gasteiger partial charge on any atom is -0.384 e. The average Bonchev–Trinajstić information content (AvgIpc) is 2.53. The third kappa shape index (κ3) is 3.83. The van der Waals surface area contributed by atoms with Crippen LogP contribution in [0.5, 0.6) is 0 Å².